The highest BCUT2D eigenvalue weighted by Crippen LogP contribution is 2.09. The van der Waals surface area contributed by atoms with Crippen LogP contribution in [0.4, 0.5) is 0 Å². The van der Waals surface area contributed by atoms with Crippen molar-refractivity contribution in [2.75, 3.05) is 0 Å². The van der Waals surface area contributed by atoms with Crippen molar-refractivity contribution in [3.63, 3.8) is 0 Å². The third-order valence-electron chi connectivity index (χ3n) is 2.20. The van der Waals surface area contributed by atoms with Gasteiger partial charge in [0.2, 0.25) is 0 Å². The van der Waals surface area contributed by atoms with E-state index in [0.29, 0.717) is 11.0 Å². The normalized spacial score (nSPS) is 9.81. The van der Waals surface area contributed by atoms with Crippen LogP contribution in [0.25, 0.3) is 11.0 Å². The summed E-state index contributed by atoms with van der Waals surface area (Å²) in [5.41, 5.74) is -0.306. The van der Waals surface area contributed by atoms with Crippen molar-refractivity contribution < 1.29 is 9.90 Å². The van der Waals surface area contributed by atoms with Crippen molar-refractivity contribution in [2.24, 2.45) is 7.05 Å². The summed E-state index contributed by atoms with van der Waals surface area (Å²) in [6, 6.07) is 4.75. The fourth-order valence-electron chi connectivity index (χ4n) is 1.45. The van der Waals surface area contributed by atoms with Gasteiger partial charge < -0.3 is 5.11 Å². The molecule has 0 aliphatic heterocycles. The van der Waals surface area contributed by atoms with Crippen molar-refractivity contribution >= 4 is 29.4 Å². The highest BCUT2D eigenvalue weighted by atomic mass is 35.5. The van der Waals surface area contributed by atoms with E-state index >= 15 is 0 Å². The molecule has 0 fully saturated rings. The molecule has 0 spiro atoms. The third-order valence-corrected chi connectivity index (χ3v) is 2.20. The number of halogens is 1. The number of aromatic carboxylic acids is 1. The molecule has 6 heteroatoms. The minimum atomic E-state index is -1.22. The number of carboxylic acid groups (broad SMARTS) is 1. The highest BCUT2D eigenvalue weighted by molar-refractivity contribution is 5.91. The van der Waals surface area contributed by atoms with Gasteiger partial charge in [-0.25, -0.2) is 9.78 Å². The molecule has 16 heavy (non-hydrogen) atoms. The van der Waals surface area contributed by atoms with Crippen molar-refractivity contribution in [2.45, 2.75) is 0 Å². The van der Waals surface area contributed by atoms with Gasteiger partial charge in [0, 0.05) is 18.6 Å². The summed E-state index contributed by atoms with van der Waals surface area (Å²) in [5, 5.41) is 9.45. The van der Waals surface area contributed by atoms with Crippen LogP contribution in [-0.4, -0.2) is 20.6 Å². The zero-order valence-corrected chi connectivity index (χ0v) is 9.19. The maximum absolute atomic E-state index is 11.6. The van der Waals surface area contributed by atoms with Gasteiger partial charge in [-0.3, -0.25) is 9.36 Å². The van der Waals surface area contributed by atoms with Crippen molar-refractivity contribution in [3.05, 3.63) is 40.3 Å². The average molecular weight is 241 g/mol. The van der Waals surface area contributed by atoms with Crippen LogP contribution in [0, 0.1) is 0 Å². The number of fused-ring (bicyclic) bond motifs is 1. The molecule has 0 bridgehead atoms. The number of nitrogens with zero attached hydrogens (tertiary/aromatic N) is 2. The van der Waals surface area contributed by atoms with Gasteiger partial charge in [-0.2, -0.15) is 0 Å². The minimum absolute atomic E-state index is 0. The van der Waals surface area contributed by atoms with E-state index in [4.69, 9.17) is 5.11 Å². The Morgan fingerprint density at radius 2 is 2.19 bits per heavy atom. The molecule has 0 aliphatic rings. The lowest BCUT2D eigenvalue weighted by atomic mass is 10.2. The smallest absolute Gasteiger partial charge is 0.341 e. The summed E-state index contributed by atoms with van der Waals surface area (Å²) in [6.45, 7) is 0. The van der Waals surface area contributed by atoms with E-state index in [1.165, 1.54) is 17.7 Å². The Morgan fingerprint density at radius 3 is 2.81 bits per heavy atom. The maximum Gasteiger partial charge on any atom is 0.341 e. The van der Waals surface area contributed by atoms with Gasteiger partial charge in [0.15, 0.2) is 0 Å². The summed E-state index contributed by atoms with van der Waals surface area (Å²) < 4.78 is 1.23. The Bertz CT molecular complexity index is 607. The number of hydrogen-bond donors (Lipinski definition) is 1. The van der Waals surface area contributed by atoms with Crippen LogP contribution in [0.2, 0.25) is 0 Å². The van der Waals surface area contributed by atoms with Crippen LogP contribution in [0.5, 0.6) is 0 Å². The SMILES string of the molecule is Cl.Cn1c(=O)c(C(=O)O)cc2cccnc21. The van der Waals surface area contributed by atoms with E-state index in [0.717, 1.165) is 0 Å². The molecule has 5 nitrogen and oxygen atoms in total. The fraction of sp³-hybridized carbons (Fsp3) is 0.100. The van der Waals surface area contributed by atoms with Gasteiger partial charge in [-0.15, -0.1) is 12.4 Å². The first-order valence-electron chi connectivity index (χ1n) is 4.29. The Balaban J connectivity index is 0.00000128. The van der Waals surface area contributed by atoms with Crippen LogP contribution < -0.4 is 5.56 Å². The van der Waals surface area contributed by atoms with E-state index in [-0.39, 0.29) is 18.0 Å². The first-order chi connectivity index (χ1) is 7.11. The predicted molar refractivity (Wildman–Crippen MR) is 61.2 cm³/mol. The molecular weight excluding hydrogens is 232 g/mol. The summed E-state index contributed by atoms with van der Waals surface area (Å²) in [5.74, 6) is -1.22. The second-order valence-corrected chi connectivity index (χ2v) is 3.14. The Kier molecular flexibility index (Phi) is 3.29. The lowest BCUT2D eigenvalue weighted by Crippen LogP contribution is -2.24. The summed E-state index contributed by atoms with van der Waals surface area (Å²) in [4.78, 5) is 26.4. The maximum atomic E-state index is 11.6. The number of carboxylic acids is 1. The Morgan fingerprint density at radius 1 is 1.50 bits per heavy atom. The van der Waals surface area contributed by atoms with Crippen LogP contribution >= 0.6 is 12.4 Å². The predicted octanol–water partition coefficient (Wildman–Crippen LogP) is 1.05. The second kappa shape index (κ2) is 4.32. The second-order valence-electron chi connectivity index (χ2n) is 3.14. The lowest BCUT2D eigenvalue weighted by molar-refractivity contribution is 0.0694. The largest absolute Gasteiger partial charge is 0.477 e. The van der Waals surface area contributed by atoms with Crippen molar-refractivity contribution in [3.8, 4) is 0 Å². The fourth-order valence-corrected chi connectivity index (χ4v) is 1.45. The Hall–Kier alpha value is -1.88. The minimum Gasteiger partial charge on any atom is -0.477 e. The van der Waals surface area contributed by atoms with E-state index < -0.39 is 11.5 Å². The molecule has 0 radical (unpaired) electrons. The van der Waals surface area contributed by atoms with E-state index in [9.17, 15) is 9.59 Å². The number of pyridine rings is 2. The number of carbonyl (C=O) groups is 1. The molecule has 0 aliphatic carbocycles. The molecular formula is C10H9ClN2O3. The third kappa shape index (κ3) is 1.77. The monoisotopic (exact) mass is 240 g/mol. The average Bonchev–Trinajstić information content (AvgIpc) is 2.23. The van der Waals surface area contributed by atoms with E-state index in [2.05, 4.69) is 4.98 Å². The summed E-state index contributed by atoms with van der Waals surface area (Å²) in [7, 11) is 1.50. The number of rotatable bonds is 1. The molecule has 0 saturated heterocycles. The summed E-state index contributed by atoms with van der Waals surface area (Å²) in [6.07, 6.45) is 1.56. The molecule has 2 heterocycles. The standard InChI is InChI=1S/C10H8N2O3.ClH/c1-12-8-6(3-2-4-11-8)5-7(9(12)13)10(14)15;/h2-5H,1H3,(H,14,15);1H. The molecule has 0 unspecified atom stereocenters. The molecule has 0 aromatic carbocycles. The molecule has 2 aromatic heterocycles. The molecule has 84 valence electrons. The van der Waals surface area contributed by atoms with Crippen LogP contribution in [-0.2, 0) is 7.05 Å². The van der Waals surface area contributed by atoms with Crippen molar-refractivity contribution in [1.29, 1.82) is 0 Å². The molecule has 0 atom stereocenters. The van der Waals surface area contributed by atoms with E-state index in [1.54, 1.807) is 18.3 Å². The first-order valence-corrected chi connectivity index (χ1v) is 4.29. The molecule has 0 saturated carbocycles. The van der Waals surface area contributed by atoms with Crippen LogP contribution in [0.3, 0.4) is 0 Å². The zero-order valence-electron chi connectivity index (χ0n) is 8.38. The van der Waals surface area contributed by atoms with Gasteiger partial charge in [-0.05, 0) is 18.2 Å². The molecule has 0 amide bonds. The summed E-state index contributed by atoms with van der Waals surface area (Å²) >= 11 is 0. The molecule has 1 N–H and O–H groups in total. The van der Waals surface area contributed by atoms with Crippen LogP contribution in [0.15, 0.2) is 29.2 Å². The lowest BCUT2D eigenvalue weighted by Gasteiger charge is -2.04. The Labute approximate surface area is 96.8 Å². The van der Waals surface area contributed by atoms with Gasteiger partial charge >= 0.3 is 5.97 Å². The van der Waals surface area contributed by atoms with Gasteiger partial charge in [0.25, 0.3) is 5.56 Å². The van der Waals surface area contributed by atoms with Gasteiger partial charge in [0.1, 0.15) is 11.2 Å². The van der Waals surface area contributed by atoms with Gasteiger partial charge in [0.05, 0.1) is 0 Å². The van der Waals surface area contributed by atoms with Crippen molar-refractivity contribution in [1.82, 2.24) is 9.55 Å². The molecule has 2 aromatic rings. The first kappa shape index (κ1) is 12.2. The van der Waals surface area contributed by atoms with Crippen LogP contribution in [0.1, 0.15) is 10.4 Å². The highest BCUT2D eigenvalue weighted by Gasteiger charge is 2.12. The number of aromatic nitrogens is 2. The van der Waals surface area contributed by atoms with Gasteiger partial charge in [-0.1, -0.05) is 0 Å². The number of hydrogen-bond acceptors (Lipinski definition) is 3. The molecule has 2 rings (SSSR count). The zero-order chi connectivity index (χ0) is 11.0. The quantitative estimate of drug-likeness (QED) is 0.809. The number of aryl methyl sites for hydroxylation is 1. The topological polar surface area (TPSA) is 72.2 Å². The van der Waals surface area contributed by atoms with E-state index in [1.807, 2.05) is 0 Å².